The Bertz CT molecular complexity index is 803. The van der Waals surface area contributed by atoms with Crippen LogP contribution in [0.15, 0.2) is 42.5 Å². The molecule has 20 heavy (non-hydrogen) atoms. The summed E-state index contributed by atoms with van der Waals surface area (Å²) in [5.41, 5.74) is 3.17. The molecule has 0 aliphatic rings. The maximum absolute atomic E-state index is 13.0. The molecule has 0 saturated heterocycles. The second-order valence-corrected chi connectivity index (χ2v) is 4.68. The lowest BCUT2D eigenvalue weighted by atomic mass is 10.0. The lowest BCUT2D eigenvalue weighted by Crippen LogP contribution is -1.98. The number of aromatic carboxylic acids is 1. The summed E-state index contributed by atoms with van der Waals surface area (Å²) >= 11 is 0. The van der Waals surface area contributed by atoms with Crippen molar-refractivity contribution in [3.63, 3.8) is 0 Å². The normalized spacial score (nSPS) is 10.9. The van der Waals surface area contributed by atoms with E-state index in [4.69, 9.17) is 0 Å². The van der Waals surface area contributed by atoms with Crippen molar-refractivity contribution in [2.75, 3.05) is 0 Å². The van der Waals surface area contributed by atoms with Crippen LogP contribution in [0.3, 0.4) is 0 Å². The molecule has 1 heterocycles. The van der Waals surface area contributed by atoms with Crippen molar-refractivity contribution in [2.45, 2.75) is 6.92 Å². The van der Waals surface area contributed by atoms with Crippen LogP contribution in [0.1, 0.15) is 16.1 Å². The van der Waals surface area contributed by atoms with Gasteiger partial charge in [-0.1, -0.05) is 30.3 Å². The van der Waals surface area contributed by atoms with Crippen LogP contribution in [-0.2, 0) is 0 Å². The van der Waals surface area contributed by atoms with Gasteiger partial charge in [0.1, 0.15) is 11.5 Å². The number of carbonyl (C=O) groups is 1. The number of hydrogen-bond donors (Lipinski definition) is 2. The van der Waals surface area contributed by atoms with Crippen LogP contribution in [0, 0.1) is 12.7 Å². The minimum atomic E-state index is -1.03. The Labute approximate surface area is 114 Å². The SMILES string of the molecule is Cc1cccc2c(-c3ccc(F)cc3)c(C(=O)O)[nH]c12. The molecule has 0 unspecified atom stereocenters. The lowest BCUT2D eigenvalue weighted by Gasteiger charge is -2.02. The number of halogens is 1. The van der Waals surface area contributed by atoms with Crippen LogP contribution in [0.4, 0.5) is 4.39 Å². The molecule has 0 bridgehead atoms. The second kappa shape index (κ2) is 4.49. The van der Waals surface area contributed by atoms with Crippen molar-refractivity contribution in [1.82, 2.24) is 4.98 Å². The summed E-state index contributed by atoms with van der Waals surface area (Å²) in [5.74, 6) is -1.37. The van der Waals surface area contributed by atoms with Gasteiger partial charge in [-0.15, -0.1) is 0 Å². The monoisotopic (exact) mass is 269 g/mol. The minimum Gasteiger partial charge on any atom is -0.477 e. The first-order chi connectivity index (χ1) is 9.58. The van der Waals surface area contributed by atoms with E-state index in [1.807, 2.05) is 25.1 Å². The molecule has 3 aromatic rings. The molecule has 0 fully saturated rings. The van der Waals surface area contributed by atoms with Gasteiger partial charge in [-0.05, 0) is 30.2 Å². The number of rotatable bonds is 2. The summed E-state index contributed by atoms with van der Waals surface area (Å²) in [6, 6.07) is 11.5. The number of hydrogen-bond acceptors (Lipinski definition) is 1. The highest BCUT2D eigenvalue weighted by Gasteiger charge is 2.19. The number of para-hydroxylation sites is 1. The van der Waals surface area contributed by atoms with E-state index in [1.54, 1.807) is 12.1 Å². The van der Waals surface area contributed by atoms with E-state index >= 15 is 0 Å². The topological polar surface area (TPSA) is 53.1 Å². The Balaban J connectivity index is 2.37. The van der Waals surface area contributed by atoms with Crippen molar-refractivity contribution < 1.29 is 14.3 Å². The summed E-state index contributed by atoms with van der Waals surface area (Å²) in [5, 5.41) is 10.2. The number of aryl methyl sites for hydroxylation is 1. The molecule has 4 heteroatoms. The van der Waals surface area contributed by atoms with Crippen molar-refractivity contribution in [1.29, 1.82) is 0 Å². The zero-order chi connectivity index (χ0) is 14.3. The number of aromatic amines is 1. The zero-order valence-corrected chi connectivity index (χ0v) is 10.8. The maximum Gasteiger partial charge on any atom is 0.352 e. The summed E-state index contributed by atoms with van der Waals surface area (Å²) in [6.07, 6.45) is 0. The zero-order valence-electron chi connectivity index (χ0n) is 10.8. The van der Waals surface area contributed by atoms with E-state index in [2.05, 4.69) is 4.98 Å². The highest BCUT2D eigenvalue weighted by Crippen LogP contribution is 2.33. The van der Waals surface area contributed by atoms with Crippen LogP contribution in [-0.4, -0.2) is 16.1 Å². The first kappa shape index (κ1) is 12.4. The smallest absolute Gasteiger partial charge is 0.352 e. The molecule has 0 amide bonds. The molecule has 0 spiro atoms. The number of fused-ring (bicyclic) bond motifs is 1. The van der Waals surface area contributed by atoms with E-state index < -0.39 is 5.97 Å². The van der Waals surface area contributed by atoms with Crippen molar-refractivity contribution in [3.8, 4) is 11.1 Å². The summed E-state index contributed by atoms with van der Waals surface area (Å²) in [6.45, 7) is 1.92. The molecule has 0 aliphatic carbocycles. The van der Waals surface area contributed by atoms with Gasteiger partial charge < -0.3 is 10.1 Å². The highest BCUT2D eigenvalue weighted by molar-refractivity contribution is 6.08. The highest BCUT2D eigenvalue weighted by atomic mass is 19.1. The molecule has 0 aliphatic heterocycles. The molecule has 0 atom stereocenters. The van der Waals surface area contributed by atoms with E-state index in [-0.39, 0.29) is 11.5 Å². The molecule has 3 nitrogen and oxygen atoms in total. The first-order valence-electron chi connectivity index (χ1n) is 6.18. The van der Waals surface area contributed by atoms with Gasteiger partial charge in [0.25, 0.3) is 0 Å². The van der Waals surface area contributed by atoms with Gasteiger partial charge in [0.2, 0.25) is 0 Å². The second-order valence-electron chi connectivity index (χ2n) is 4.68. The van der Waals surface area contributed by atoms with Crippen LogP contribution >= 0.6 is 0 Å². The molecule has 0 radical (unpaired) electrons. The summed E-state index contributed by atoms with van der Waals surface area (Å²) in [4.78, 5) is 14.4. The van der Waals surface area contributed by atoms with Gasteiger partial charge in [-0.2, -0.15) is 0 Å². The Morgan fingerprint density at radius 3 is 2.50 bits per heavy atom. The number of nitrogens with one attached hydrogen (secondary N) is 1. The predicted octanol–water partition coefficient (Wildman–Crippen LogP) is 3.98. The minimum absolute atomic E-state index is 0.126. The van der Waals surface area contributed by atoms with Gasteiger partial charge in [0, 0.05) is 16.5 Å². The van der Waals surface area contributed by atoms with Crippen LogP contribution in [0.2, 0.25) is 0 Å². The Hall–Kier alpha value is -2.62. The molecular weight excluding hydrogens is 257 g/mol. The number of benzene rings is 2. The summed E-state index contributed by atoms with van der Waals surface area (Å²) in [7, 11) is 0. The first-order valence-corrected chi connectivity index (χ1v) is 6.18. The Kier molecular flexibility index (Phi) is 2.79. The third-order valence-electron chi connectivity index (χ3n) is 3.39. The van der Waals surface area contributed by atoms with Crippen LogP contribution in [0.25, 0.3) is 22.0 Å². The quantitative estimate of drug-likeness (QED) is 0.739. The van der Waals surface area contributed by atoms with E-state index in [0.717, 1.165) is 16.5 Å². The standard InChI is InChI=1S/C16H12FNO2/c1-9-3-2-4-12-13(10-5-7-11(17)8-6-10)15(16(19)20)18-14(9)12/h2-8,18H,1H3,(H,19,20). The van der Waals surface area contributed by atoms with Gasteiger partial charge in [-0.3, -0.25) is 0 Å². The fourth-order valence-electron chi connectivity index (χ4n) is 2.44. The largest absolute Gasteiger partial charge is 0.477 e. The third-order valence-corrected chi connectivity index (χ3v) is 3.39. The third kappa shape index (κ3) is 1.86. The van der Waals surface area contributed by atoms with Crippen molar-refractivity contribution in [2.24, 2.45) is 0 Å². The van der Waals surface area contributed by atoms with E-state index in [0.29, 0.717) is 11.1 Å². The fraction of sp³-hybridized carbons (Fsp3) is 0.0625. The van der Waals surface area contributed by atoms with Gasteiger partial charge in [0.15, 0.2) is 0 Å². The molecule has 100 valence electrons. The van der Waals surface area contributed by atoms with E-state index in [9.17, 15) is 14.3 Å². The average Bonchev–Trinajstić information content (AvgIpc) is 2.81. The number of carboxylic acids is 1. The molecule has 2 N–H and O–H groups in total. The fourth-order valence-corrected chi connectivity index (χ4v) is 2.44. The van der Waals surface area contributed by atoms with Gasteiger partial charge in [0.05, 0.1) is 0 Å². The molecular formula is C16H12FNO2. The lowest BCUT2D eigenvalue weighted by molar-refractivity contribution is 0.0692. The Morgan fingerprint density at radius 1 is 1.15 bits per heavy atom. The number of carboxylic acid groups (broad SMARTS) is 1. The van der Waals surface area contributed by atoms with Crippen molar-refractivity contribution >= 4 is 16.9 Å². The predicted molar refractivity (Wildman–Crippen MR) is 75.4 cm³/mol. The maximum atomic E-state index is 13.0. The van der Waals surface area contributed by atoms with Gasteiger partial charge in [-0.25, -0.2) is 9.18 Å². The van der Waals surface area contributed by atoms with Gasteiger partial charge >= 0.3 is 5.97 Å². The number of aromatic nitrogens is 1. The Morgan fingerprint density at radius 2 is 1.85 bits per heavy atom. The van der Waals surface area contributed by atoms with Crippen LogP contribution < -0.4 is 0 Å². The molecule has 0 saturated carbocycles. The average molecular weight is 269 g/mol. The molecule has 3 rings (SSSR count). The van der Waals surface area contributed by atoms with E-state index in [1.165, 1.54) is 12.1 Å². The molecule has 1 aromatic heterocycles. The van der Waals surface area contributed by atoms with Crippen LogP contribution in [0.5, 0.6) is 0 Å². The molecule has 2 aromatic carbocycles. The summed E-state index contributed by atoms with van der Waals surface area (Å²) < 4.78 is 13.0. The number of H-pyrrole nitrogens is 1. The van der Waals surface area contributed by atoms with Crippen molar-refractivity contribution in [3.05, 3.63) is 59.5 Å².